The lowest BCUT2D eigenvalue weighted by molar-refractivity contribution is 0.0969. The lowest BCUT2D eigenvalue weighted by Gasteiger charge is -2.11. The van der Waals surface area contributed by atoms with Crippen molar-refractivity contribution in [3.8, 4) is 11.1 Å². The first-order valence-corrected chi connectivity index (χ1v) is 11.0. The summed E-state index contributed by atoms with van der Waals surface area (Å²) in [6, 6.07) is 12.4. The third kappa shape index (κ3) is 3.95. The van der Waals surface area contributed by atoms with Gasteiger partial charge in [-0.25, -0.2) is 9.37 Å². The fourth-order valence-electron chi connectivity index (χ4n) is 3.63. The number of aryl methyl sites for hydroxylation is 2. The van der Waals surface area contributed by atoms with Crippen molar-refractivity contribution in [3.63, 3.8) is 0 Å². The monoisotopic (exact) mass is 434 g/mol. The lowest BCUT2D eigenvalue weighted by Crippen LogP contribution is -2.27. The van der Waals surface area contributed by atoms with E-state index >= 15 is 0 Å². The van der Waals surface area contributed by atoms with Crippen molar-refractivity contribution in [2.45, 2.75) is 40.2 Å². The van der Waals surface area contributed by atoms with Crippen LogP contribution in [0.1, 0.15) is 47.1 Å². The molecule has 0 fully saturated rings. The maximum absolute atomic E-state index is 13.6. The number of thiophene rings is 1. The second kappa shape index (κ2) is 8.19. The number of ketones is 1. The predicted octanol–water partition coefficient (Wildman–Crippen LogP) is 5.89. The van der Waals surface area contributed by atoms with E-state index < -0.39 is 0 Å². The van der Waals surface area contributed by atoms with E-state index in [0.29, 0.717) is 33.1 Å². The van der Waals surface area contributed by atoms with Crippen LogP contribution in [0.2, 0.25) is 0 Å². The van der Waals surface area contributed by atoms with Gasteiger partial charge in [-0.2, -0.15) is 0 Å². The van der Waals surface area contributed by atoms with Crippen molar-refractivity contribution in [3.05, 3.63) is 86.5 Å². The van der Waals surface area contributed by atoms with Gasteiger partial charge in [0.25, 0.3) is 5.56 Å². The van der Waals surface area contributed by atoms with Gasteiger partial charge in [0.15, 0.2) is 5.78 Å². The van der Waals surface area contributed by atoms with E-state index in [1.54, 1.807) is 13.8 Å². The van der Waals surface area contributed by atoms with Crippen LogP contribution < -0.4 is 5.56 Å². The Balaban J connectivity index is 1.76. The van der Waals surface area contributed by atoms with E-state index in [1.807, 2.05) is 17.5 Å². The van der Waals surface area contributed by atoms with E-state index in [0.717, 1.165) is 11.1 Å². The third-order valence-electron chi connectivity index (χ3n) is 5.55. The van der Waals surface area contributed by atoms with Crippen molar-refractivity contribution >= 4 is 27.3 Å². The van der Waals surface area contributed by atoms with Gasteiger partial charge >= 0.3 is 0 Å². The highest BCUT2D eigenvalue weighted by molar-refractivity contribution is 7.17. The van der Waals surface area contributed by atoms with E-state index in [1.165, 1.54) is 39.7 Å². The molecule has 0 saturated heterocycles. The molecule has 0 unspecified atom stereocenters. The van der Waals surface area contributed by atoms with Crippen LogP contribution in [0.25, 0.3) is 21.3 Å². The molecule has 4 aromatic rings. The van der Waals surface area contributed by atoms with E-state index in [-0.39, 0.29) is 23.7 Å². The summed E-state index contributed by atoms with van der Waals surface area (Å²) in [5, 5.41) is 2.47. The number of hydrogen-bond acceptors (Lipinski definition) is 4. The molecule has 0 spiro atoms. The number of nitrogens with zero attached hydrogens (tertiary/aromatic N) is 2. The minimum Gasteiger partial charge on any atom is -0.292 e. The Kier molecular flexibility index (Phi) is 5.58. The van der Waals surface area contributed by atoms with Crippen molar-refractivity contribution in [2.24, 2.45) is 0 Å². The van der Waals surface area contributed by atoms with Gasteiger partial charge in [-0.15, -0.1) is 11.3 Å². The molecule has 0 radical (unpaired) electrons. The molecule has 0 saturated carbocycles. The molecule has 4 nitrogen and oxygen atoms in total. The lowest BCUT2D eigenvalue weighted by atomic mass is 9.99. The number of aromatic nitrogens is 2. The average molecular weight is 435 g/mol. The molecule has 0 bridgehead atoms. The summed E-state index contributed by atoms with van der Waals surface area (Å²) in [6.45, 7) is 7.47. The Hall–Kier alpha value is -3.12. The molecule has 0 atom stereocenters. The highest BCUT2D eigenvalue weighted by Gasteiger charge is 2.18. The maximum Gasteiger partial charge on any atom is 0.263 e. The van der Waals surface area contributed by atoms with Crippen LogP contribution >= 0.6 is 11.3 Å². The molecule has 0 amide bonds. The van der Waals surface area contributed by atoms with Crippen molar-refractivity contribution in [1.82, 2.24) is 9.55 Å². The van der Waals surface area contributed by atoms with Crippen LogP contribution in [-0.2, 0) is 6.54 Å². The van der Waals surface area contributed by atoms with Gasteiger partial charge in [0, 0.05) is 16.5 Å². The predicted molar refractivity (Wildman–Crippen MR) is 124 cm³/mol. The second-order valence-electron chi connectivity index (χ2n) is 8.04. The fraction of sp³-hybridized carbons (Fsp3) is 0.240. The van der Waals surface area contributed by atoms with Crippen LogP contribution in [-0.4, -0.2) is 15.3 Å². The average Bonchev–Trinajstić information content (AvgIpc) is 3.16. The zero-order valence-electron chi connectivity index (χ0n) is 17.9. The number of rotatable bonds is 5. The number of carbonyl (C=O) groups excluding carboxylic acids is 1. The zero-order chi connectivity index (χ0) is 22.3. The quantitative estimate of drug-likeness (QED) is 0.368. The summed E-state index contributed by atoms with van der Waals surface area (Å²) in [7, 11) is 0. The van der Waals surface area contributed by atoms with Crippen molar-refractivity contribution in [1.29, 1.82) is 0 Å². The molecule has 158 valence electrons. The van der Waals surface area contributed by atoms with Gasteiger partial charge in [0.05, 0.1) is 11.9 Å². The Morgan fingerprint density at radius 2 is 1.84 bits per heavy atom. The minimum atomic E-state index is -0.362. The van der Waals surface area contributed by atoms with Gasteiger partial charge in [-0.1, -0.05) is 38.1 Å². The zero-order valence-corrected chi connectivity index (χ0v) is 18.7. The summed E-state index contributed by atoms with van der Waals surface area (Å²) in [5.74, 6) is 0.288. The summed E-state index contributed by atoms with van der Waals surface area (Å²) < 4.78 is 15.0. The van der Waals surface area contributed by atoms with Crippen LogP contribution in [0, 0.1) is 19.7 Å². The normalized spacial score (nSPS) is 11.4. The molecule has 0 aliphatic heterocycles. The van der Waals surface area contributed by atoms with E-state index in [2.05, 4.69) is 31.0 Å². The number of carbonyl (C=O) groups is 1. The Labute approximate surface area is 184 Å². The Morgan fingerprint density at radius 3 is 2.48 bits per heavy atom. The minimum absolute atomic E-state index is 0.139. The summed E-state index contributed by atoms with van der Waals surface area (Å²) in [6.07, 6.45) is 0. The maximum atomic E-state index is 13.6. The molecule has 6 heteroatoms. The molecule has 0 aliphatic carbocycles. The fourth-order valence-corrected chi connectivity index (χ4v) is 4.61. The summed E-state index contributed by atoms with van der Waals surface area (Å²) in [4.78, 5) is 31.4. The van der Waals surface area contributed by atoms with Crippen LogP contribution in [0.15, 0.2) is 52.6 Å². The first kappa shape index (κ1) is 21.1. The molecule has 2 heterocycles. The highest BCUT2D eigenvalue weighted by atomic mass is 32.1. The smallest absolute Gasteiger partial charge is 0.263 e. The van der Waals surface area contributed by atoms with Crippen LogP contribution in [0.5, 0.6) is 0 Å². The Morgan fingerprint density at radius 1 is 1.13 bits per heavy atom. The van der Waals surface area contributed by atoms with E-state index in [9.17, 15) is 14.0 Å². The molecular weight excluding hydrogens is 411 g/mol. The number of halogens is 1. The molecule has 2 aromatic heterocycles. The van der Waals surface area contributed by atoms with Crippen LogP contribution in [0.4, 0.5) is 4.39 Å². The van der Waals surface area contributed by atoms with Gasteiger partial charge in [-0.3, -0.25) is 14.2 Å². The molecular formula is C25H23FN2O2S. The SMILES string of the molecule is Cc1cc(C(=O)Cn2c(C)nc3scc(-c4ccc(C(C)C)cc4)c3c2=O)ccc1F. The Bertz CT molecular complexity index is 1350. The number of hydrogen-bond donors (Lipinski definition) is 0. The van der Waals surface area contributed by atoms with Gasteiger partial charge in [0.2, 0.25) is 0 Å². The molecule has 4 rings (SSSR count). The van der Waals surface area contributed by atoms with Crippen molar-refractivity contribution in [2.75, 3.05) is 0 Å². The highest BCUT2D eigenvalue weighted by Crippen LogP contribution is 2.32. The number of benzene rings is 2. The number of fused-ring (bicyclic) bond motifs is 1. The van der Waals surface area contributed by atoms with Crippen LogP contribution in [0.3, 0.4) is 0 Å². The van der Waals surface area contributed by atoms with Crippen molar-refractivity contribution < 1.29 is 9.18 Å². The first-order chi connectivity index (χ1) is 14.8. The topological polar surface area (TPSA) is 52.0 Å². The second-order valence-corrected chi connectivity index (χ2v) is 8.90. The largest absolute Gasteiger partial charge is 0.292 e. The molecule has 2 aromatic carbocycles. The van der Waals surface area contributed by atoms with Gasteiger partial charge < -0.3 is 0 Å². The third-order valence-corrected chi connectivity index (χ3v) is 6.43. The summed E-state index contributed by atoms with van der Waals surface area (Å²) in [5.41, 5.74) is 3.54. The summed E-state index contributed by atoms with van der Waals surface area (Å²) >= 11 is 1.42. The molecule has 31 heavy (non-hydrogen) atoms. The molecule has 0 aliphatic rings. The van der Waals surface area contributed by atoms with Gasteiger partial charge in [-0.05, 0) is 54.7 Å². The van der Waals surface area contributed by atoms with E-state index in [4.69, 9.17) is 0 Å². The standard InChI is InChI=1S/C25H23FN2O2S/c1-14(2)17-5-7-18(8-6-17)20-13-31-24-23(20)25(30)28(16(4)27-24)12-22(29)19-9-10-21(26)15(3)11-19/h5-11,13-14H,12H2,1-4H3. The molecule has 0 N–H and O–H groups in total. The first-order valence-electron chi connectivity index (χ1n) is 10.1. The van der Waals surface area contributed by atoms with Gasteiger partial charge in [0.1, 0.15) is 16.5 Å². The number of Topliss-reactive ketones (excluding diaryl/α,β-unsaturated/α-hetero) is 1.